The Kier molecular flexibility index (Phi) is 2.96. The molecule has 0 radical (unpaired) electrons. The number of hydrogen-bond donors (Lipinski definition) is 1. The maximum atomic E-state index is 11.8. The third kappa shape index (κ3) is 2.02. The highest BCUT2D eigenvalue weighted by Crippen LogP contribution is 2.25. The number of likely N-dealkylation sites (N-methyl/N-ethyl adjacent to an activating group) is 1. The van der Waals surface area contributed by atoms with Crippen molar-refractivity contribution in [3.05, 3.63) is 0 Å². The topological polar surface area (TPSA) is 46.3 Å². The summed E-state index contributed by atoms with van der Waals surface area (Å²) >= 11 is 0. The van der Waals surface area contributed by atoms with Crippen LogP contribution in [0.5, 0.6) is 0 Å². The van der Waals surface area contributed by atoms with Gasteiger partial charge in [0.15, 0.2) is 0 Å². The van der Waals surface area contributed by atoms with Crippen LogP contribution in [0.25, 0.3) is 0 Å². The molecule has 0 aromatic carbocycles. The Bertz CT molecular complexity index is 197. The summed E-state index contributed by atoms with van der Waals surface area (Å²) in [5.41, 5.74) is 5.21. The molecule has 1 fully saturated rings. The van der Waals surface area contributed by atoms with Gasteiger partial charge in [-0.25, -0.2) is 0 Å². The number of nitrogens with two attached hydrogens (primary N) is 1. The van der Waals surface area contributed by atoms with Crippen LogP contribution in [-0.2, 0) is 4.79 Å². The van der Waals surface area contributed by atoms with Crippen molar-refractivity contribution >= 4 is 5.91 Å². The second-order valence-corrected chi connectivity index (χ2v) is 4.27. The molecule has 0 bridgehead atoms. The largest absolute Gasteiger partial charge is 0.341 e. The van der Waals surface area contributed by atoms with Crippen molar-refractivity contribution in [1.82, 2.24) is 4.90 Å². The predicted octanol–water partition coefficient (Wildman–Crippen LogP) is 1.12. The van der Waals surface area contributed by atoms with Crippen LogP contribution in [0.2, 0.25) is 0 Å². The average molecular weight is 184 g/mol. The van der Waals surface area contributed by atoms with Gasteiger partial charge in [-0.3, -0.25) is 4.79 Å². The lowest BCUT2D eigenvalue weighted by Crippen LogP contribution is -2.55. The predicted molar refractivity (Wildman–Crippen MR) is 53.3 cm³/mol. The van der Waals surface area contributed by atoms with Gasteiger partial charge in [-0.2, -0.15) is 0 Å². The molecule has 2 N–H and O–H groups in total. The lowest BCUT2D eigenvalue weighted by molar-refractivity contribution is -0.138. The molecule has 76 valence electrons. The van der Waals surface area contributed by atoms with E-state index < -0.39 is 5.54 Å². The second-order valence-electron chi connectivity index (χ2n) is 4.27. The lowest BCUT2D eigenvalue weighted by Gasteiger charge is -2.38. The Labute approximate surface area is 80.3 Å². The molecule has 0 saturated heterocycles. The van der Waals surface area contributed by atoms with Crippen LogP contribution < -0.4 is 5.73 Å². The normalized spacial score (nSPS) is 21.8. The highest BCUT2D eigenvalue weighted by atomic mass is 16.2. The minimum Gasteiger partial charge on any atom is -0.341 e. The fraction of sp³-hybridized carbons (Fsp3) is 0.900. The van der Waals surface area contributed by atoms with Gasteiger partial charge in [0.05, 0.1) is 5.54 Å². The van der Waals surface area contributed by atoms with Gasteiger partial charge in [0.25, 0.3) is 0 Å². The van der Waals surface area contributed by atoms with Gasteiger partial charge in [0, 0.05) is 13.1 Å². The first-order valence-electron chi connectivity index (χ1n) is 5.05. The van der Waals surface area contributed by atoms with E-state index in [2.05, 4.69) is 0 Å². The Morgan fingerprint density at radius 1 is 1.62 bits per heavy atom. The lowest BCUT2D eigenvalue weighted by atomic mass is 9.89. The zero-order valence-corrected chi connectivity index (χ0v) is 8.84. The summed E-state index contributed by atoms with van der Waals surface area (Å²) in [6.45, 7) is 3.76. The first kappa shape index (κ1) is 10.5. The van der Waals surface area contributed by atoms with Crippen molar-refractivity contribution in [3.8, 4) is 0 Å². The quantitative estimate of drug-likeness (QED) is 0.714. The molecule has 1 aliphatic rings. The summed E-state index contributed by atoms with van der Waals surface area (Å²) in [6.07, 6.45) is 4.22. The number of nitrogens with zero attached hydrogens (tertiary/aromatic N) is 1. The molecule has 1 rings (SSSR count). The van der Waals surface area contributed by atoms with Crippen LogP contribution in [0.15, 0.2) is 0 Å². The zero-order valence-electron chi connectivity index (χ0n) is 8.84. The van der Waals surface area contributed by atoms with Crippen LogP contribution in [0, 0.1) is 0 Å². The van der Waals surface area contributed by atoms with Gasteiger partial charge in [-0.05, 0) is 32.6 Å². The summed E-state index contributed by atoms with van der Waals surface area (Å²) in [4.78, 5) is 13.7. The van der Waals surface area contributed by atoms with Crippen molar-refractivity contribution in [1.29, 1.82) is 0 Å². The van der Waals surface area contributed by atoms with Crippen molar-refractivity contribution in [2.75, 3.05) is 7.05 Å². The molecule has 1 saturated carbocycles. The maximum Gasteiger partial charge on any atom is 0.242 e. The highest BCUT2D eigenvalue weighted by Gasteiger charge is 2.34. The first-order chi connectivity index (χ1) is 5.99. The van der Waals surface area contributed by atoms with Gasteiger partial charge < -0.3 is 10.6 Å². The Balaban J connectivity index is 2.55. The van der Waals surface area contributed by atoms with Crippen molar-refractivity contribution in [2.45, 2.75) is 51.1 Å². The van der Waals surface area contributed by atoms with Crippen LogP contribution in [0.3, 0.4) is 0 Å². The van der Waals surface area contributed by atoms with E-state index in [9.17, 15) is 4.79 Å². The number of carbonyl (C=O) groups is 1. The highest BCUT2D eigenvalue weighted by molar-refractivity contribution is 5.85. The summed E-state index contributed by atoms with van der Waals surface area (Å²) in [7, 11) is 1.87. The number of rotatable bonds is 3. The van der Waals surface area contributed by atoms with E-state index in [0.29, 0.717) is 12.5 Å². The van der Waals surface area contributed by atoms with E-state index >= 15 is 0 Å². The minimum atomic E-state index is -0.676. The van der Waals surface area contributed by atoms with Crippen LogP contribution in [0.1, 0.15) is 39.5 Å². The zero-order chi connectivity index (χ0) is 10.1. The van der Waals surface area contributed by atoms with Gasteiger partial charge in [-0.1, -0.05) is 6.92 Å². The van der Waals surface area contributed by atoms with Crippen LogP contribution >= 0.6 is 0 Å². The fourth-order valence-electron chi connectivity index (χ4n) is 1.49. The van der Waals surface area contributed by atoms with E-state index in [1.54, 1.807) is 0 Å². The molecule has 1 unspecified atom stereocenters. The second kappa shape index (κ2) is 3.66. The van der Waals surface area contributed by atoms with Crippen LogP contribution in [0.4, 0.5) is 0 Å². The van der Waals surface area contributed by atoms with Crippen molar-refractivity contribution < 1.29 is 4.79 Å². The Hall–Kier alpha value is -0.570. The number of amides is 1. The van der Waals surface area contributed by atoms with Gasteiger partial charge in [-0.15, -0.1) is 0 Å². The van der Waals surface area contributed by atoms with E-state index in [1.807, 2.05) is 25.8 Å². The first-order valence-corrected chi connectivity index (χ1v) is 5.05. The summed E-state index contributed by atoms with van der Waals surface area (Å²) in [5, 5.41) is 0. The Morgan fingerprint density at radius 2 is 2.15 bits per heavy atom. The molecular formula is C10H20N2O. The molecule has 1 atom stereocenters. The molecule has 0 heterocycles. The summed E-state index contributed by atoms with van der Waals surface area (Å²) in [6, 6.07) is 0.446. The molecule has 1 aliphatic carbocycles. The monoisotopic (exact) mass is 184 g/mol. The van der Waals surface area contributed by atoms with E-state index in [0.717, 1.165) is 12.8 Å². The SMILES string of the molecule is CCC(C)(N)C(=O)N(C)C1CCC1. The average Bonchev–Trinajstić information content (AvgIpc) is 1.99. The van der Waals surface area contributed by atoms with Crippen molar-refractivity contribution in [3.63, 3.8) is 0 Å². The smallest absolute Gasteiger partial charge is 0.242 e. The van der Waals surface area contributed by atoms with E-state index in [1.165, 1.54) is 6.42 Å². The molecule has 13 heavy (non-hydrogen) atoms. The van der Waals surface area contributed by atoms with Gasteiger partial charge in [0.1, 0.15) is 0 Å². The minimum absolute atomic E-state index is 0.0831. The number of hydrogen-bond acceptors (Lipinski definition) is 2. The molecule has 3 nitrogen and oxygen atoms in total. The van der Waals surface area contributed by atoms with E-state index in [-0.39, 0.29) is 5.91 Å². The fourth-order valence-corrected chi connectivity index (χ4v) is 1.49. The van der Waals surface area contributed by atoms with Crippen LogP contribution in [-0.4, -0.2) is 29.4 Å². The molecule has 0 aromatic rings. The van der Waals surface area contributed by atoms with Gasteiger partial charge >= 0.3 is 0 Å². The molecular weight excluding hydrogens is 164 g/mol. The summed E-state index contributed by atoms with van der Waals surface area (Å²) in [5.74, 6) is 0.0831. The van der Waals surface area contributed by atoms with E-state index in [4.69, 9.17) is 5.73 Å². The standard InChI is InChI=1S/C10H20N2O/c1-4-10(2,11)9(13)12(3)8-6-5-7-8/h8H,4-7,11H2,1-3H3. The molecule has 0 aromatic heterocycles. The maximum absolute atomic E-state index is 11.8. The molecule has 1 amide bonds. The van der Waals surface area contributed by atoms with Crippen molar-refractivity contribution in [2.24, 2.45) is 5.73 Å². The molecule has 3 heteroatoms. The third-order valence-electron chi connectivity index (χ3n) is 3.17. The molecule has 0 aliphatic heterocycles. The third-order valence-corrected chi connectivity index (χ3v) is 3.17. The number of carbonyl (C=O) groups excluding carboxylic acids is 1. The Morgan fingerprint density at radius 3 is 2.46 bits per heavy atom. The summed E-state index contributed by atoms with van der Waals surface area (Å²) < 4.78 is 0. The van der Waals surface area contributed by atoms with Gasteiger partial charge in [0.2, 0.25) is 5.91 Å². The molecule has 0 spiro atoms.